The predicted molar refractivity (Wildman–Crippen MR) is 224 cm³/mol. The third-order valence-electron chi connectivity index (χ3n) is 11.2. The molecule has 286 valence electrons. The van der Waals surface area contributed by atoms with Crippen LogP contribution in [0.3, 0.4) is 0 Å². The van der Waals surface area contributed by atoms with Crippen molar-refractivity contribution in [1.82, 2.24) is 19.6 Å². The summed E-state index contributed by atoms with van der Waals surface area (Å²) in [6.45, 7) is -0.182. The van der Waals surface area contributed by atoms with Gasteiger partial charge in [-0.2, -0.15) is 57.6 Å². The van der Waals surface area contributed by atoms with Crippen LogP contribution in [0, 0.1) is 36.4 Å². The van der Waals surface area contributed by atoms with Gasteiger partial charge in [0.05, 0.1) is 0 Å². The molecule has 0 saturated carbocycles. The molecule has 6 aromatic carbocycles. The fraction of sp³-hybridized carbons (Fsp3) is 0.0213. The van der Waals surface area contributed by atoms with Crippen LogP contribution >= 0.6 is 23.5 Å². The molecule has 0 atom stereocenters. The molecule has 12 heteroatoms. The summed E-state index contributed by atoms with van der Waals surface area (Å²) in [6, 6.07) is 48.4. The predicted octanol–water partition coefficient (Wildman–Crippen LogP) is 5.90. The van der Waals surface area contributed by atoms with Crippen molar-refractivity contribution in [2.45, 2.75) is 26.0 Å². The van der Waals surface area contributed by atoms with E-state index in [2.05, 4.69) is 95.1 Å². The Labute approximate surface area is 378 Å². The Balaban J connectivity index is 0.00000198. The van der Waals surface area contributed by atoms with E-state index in [-0.39, 0.29) is 55.6 Å². The maximum absolute atomic E-state index is 6.50. The van der Waals surface area contributed by atoms with Crippen LogP contribution < -0.4 is 42.3 Å². The molecular formula is C47H22B2N4O2Pt2S2-6. The van der Waals surface area contributed by atoms with E-state index >= 15 is 0 Å². The molecule has 6 heterocycles. The molecule has 59 heavy (non-hydrogen) atoms. The van der Waals surface area contributed by atoms with Gasteiger partial charge in [-0.1, -0.05) is 17.0 Å². The first-order valence-corrected chi connectivity index (χ1v) is 20.3. The summed E-state index contributed by atoms with van der Waals surface area (Å²) in [6.07, 6.45) is 15.5. The summed E-state index contributed by atoms with van der Waals surface area (Å²) in [4.78, 5) is 5.00. The van der Waals surface area contributed by atoms with Gasteiger partial charge in [0.2, 0.25) is 13.4 Å². The third kappa shape index (κ3) is 5.82. The molecule has 0 spiro atoms. The van der Waals surface area contributed by atoms with E-state index in [1.807, 2.05) is 93.8 Å². The average Bonchev–Trinajstić information content (AvgIpc) is 4.08. The second-order valence-electron chi connectivity index (χ2n) is 14.4. The topological polar surface area (TPSA) is 54.1 Å². The van der Waals surface area contributed by atoms with Gasteiger partial charge >= 0.3 is 0 Å². The Morgan fingerprint density at radius 1 is 0.525 bits per heavy atom. The summed E-state index contributed by atoms with van der Waals surface area (Å²) in [5.74, 6) is 3.08. The normalized spacial score (nSPS) is 14.4. The molecule has 8 aromatic rings. The van der Waals surface area contributed by atoms with E-state index in [0.29, 0.717) is 6.42 Å². The summed E-state index contributed by atoms with van der Waals surface area (Å²) in [7, 11) is 0. The minimum Gasteiger partial charge on any atom is -0.518 e. The van der Waals surface area contributed by atoms with Gasteiger partial charge in [0.25, 0.3) is 0 Å². The van der Waals surface area contributed by atoms with Crippen molar-refractivity contribution in [3.63, 3.8) is 0 Å². The minimum absolute atomic E-state index is 0. The number of rotatable bonds is 4. The molecule has 0 fully saturated rings. The Morgan fingerprint density at radius 3 is 1.78 bits per heavy atom. The zero-order chi connectivity index (χ0) is 37.2. The first kappa shape index (κ1) is 37.1. The van der Waals surface area contributed by atoms with Gasteiger partial charge in [-0.15, -0.1) is 75.5 Å². The quantitative estimate of drug-likeness (QED) is 0.162. The molecule has 2 aromatic heterocycles. The smallest absolute Gasteiger partial charge is 0.212 e. The van der Waals surface area contributed by atoms with Gasteiger partial charge < -0.3 is 32.8 Å². The van der Waals surface area contributed by atoms with Crippen LogP contribution in [0.15, 0.2) is 141 Å². The maximum atomic E-state index is 6.50. The van der Waals surface area contributed by atoms with Crippen LogP contribution in [-0.4, -0.2) is 33.0 Å². The zero-order valence-corrected chi connectivity index (χ0v) is 36.6. The zero-order valence-electron chi connectivity index (χ0n) is 30.5. The summed E-state index contributed by atoms with van der Waals surface area (Å²) in [5.41, 5.74) is 12.2. The second kappa shape index (κ2) is 14.3. The number of ether oxygens (including phenoxy) is 2. The minimum atomic E-state index is -0.189. The third-order valence-corrected chi connectivity index (χ3v) is 13.5. The van der Waals surface area contributed by atoms with Crippen molar-refractivity contribution in [2.24, 2.45) is 0 Å². The molecule has 0 saturated heterocycles. The number of benzene rings is 6. The molecule has 0 amide bonds. The molecule has 0 N–H and O–H groups in total. The Kier molecular flexibility index (Phi) is 9.01. The largest absolute Gasteiger partial charge is 0.518 e. The van der Waals surface area contributed by atoms with Gasteiger partial charge in [-0.3, -0.25) is 27.1 Å². The van der Waals surface area contributed by atoms with Crippen molar-refractivity contribution in [3.8, 4) is 34.4 Å². The molecular weight excluding hydrogens is 1130 g/mol. The van der Waals surface area contributed by atoms with E-state index in [1.165, 1.54) is 30.5 Å². The van der Waals surface area contributed by atoms with Crippen LogP contribution in [0.1, 0.15) is 17.5 Å². The van der Waals surface area contributed by atoms with Crippen molar-refractivity contribution in [1.29, 1.82) is 0 Å². The van der Waals surface area contributed by atoms with Gasteiger partial charge in [0, 0.05) is 83.9 Å². The van der Waals surface area contributed by atoms with Crippen molar-refractivity contribution in [3.05, 3.63) is 169 Å². The van der Waals surface area contributed by atoms with E-state index in [1.54, 1.807) is 12.4 Å². The Morgan fingerprint density at radius 2 is 1.08 bits per heavy atom. The van der Waals surface area contributed by atoms with Crippen molar-refractivity contribution in [2.75, 3.05) is 0 Å². The standard InChI is InChI=1S/C47H22B2N4O2S2.2Pt/c1-5-40-46-41(6-1)55-39-16-13-32(52-21-3-19-50-52)26-35(39)48(46)34-24-30(11-15-38(34)54-40)28-9-10-29(23-28)31-12-17-42-36(25-31)49-37-27-33(53-22-4-20-51-53)14-18-43(37)57-45-8-2-7-44(56-42)47(45)49;;/h1-8,11-22H,10H2;;/q-6;;. The number of aromatic nitrogens is 4. The van der Waals surface area contributed by atoms with Crippen molar-refractivity contribution < 1.29 is 51.6 Å². The first-order valence-electron chi connectivity index (χ1n) is 18.7. The second-order valence-corrected chi connectivity index (χ2v) is 16.6. The van der Waals surface area contributed by atoms with Gasteiger partial charge in [-0.05, 0) is 63.0 Å². The van der Waals surface area contributed by atoms with Gasteiger partial charge in [0.1, 0.15) is 11.5 Å². The Bertz CT molecular complexity index is 3070. The molecule has 1 aliphatic carbocycles. The molecule has 0 bridgehead atoms. The van der Waals surface area contributed by atoms with Gasteiger partial charge in [-0.25, -0.2) is 0 Å². The maximum Gasteiger partial charge on any atom is 0.212 e. The number of nitrogens with zero attached hydrogens (tertiary/aromatic N) is 4. The summed E-state index contributed by atoms with van der Waals surface area (Å²) >= 11 is 3.65. The van der Waals surface area contributed by atoms with Gasteiger partial charge in [0.15, 0.2) is 0 Å². The summed E-state index contributed by atoms with van der Waals surface area (Å²) < 4.78 is 16.6. The number of hydrogen-bond donors (Lipinski definition) is 0. The van der Waals surface area contributed by atoms with Crippen molar-refractivity contribution >= 4 is 80.9 Å². The number of hydrogen-bond acceptors (Lipinski definition) is 6. The van der Waals surface area contributed by atoms with E-state index in [0.717, 1.165) is 78.5 Å². The first-order chi connectivity index (χ1) is 28.2. The van der Waals surface area contributed by atoms with Crippen LogP contribution in [0.2, 0.25) is 0 Å². The summed E-state index contributed by atoms with van der Waals surface area (Å²) in [5, 5.41) is 8.96. The van der Waals surface area contributed by atoms with E-state index < -0.39 is 0 Å². The van der Waals surface area contributed by atoms with E-state index in [9.17, 15) is 0 Å². The molecule has 0 unspecified atom stereocenters. The van der Waals surface area contributed by atoms with E-state index in [4.69, 9.17) is 9.47 Å². The SMILES string of the molecule is [C-]1=C(c2[c-]c3c(cc2)Oc2cccc4c2B3c2[c-]c(-n3cccn3)ccc2O4)[C-]=C(c2[c-]c3c(cc2)Sc2cccc4c2B3c2[c-]c(-n3cccn3)ccc2S4)C1.[Pt].[Pt]. The number of fused-ring (bicyclic) bond motifs is 8. The molecule has 4 aliphatic heterocycles. The van der Waals surface area contributed by atoms with Crippen LogP contribution in [0.4, 0.5) is 0 Å². The molecule has 5 aliphatic rings. The Hall–Kier alpha value is -4.97. The van der Waals surface area contributed by atoms with Crippen LogP contribution in [0.5, 0.6) is 23.0 Å². The van der Waals surface area contributed by atoms with Crippen LogP contribution in [0.25, 0.3) is 22.5 Å². The fourth-order valence-corrected chi connectivity index (χ4v) is 11.0. The average molecular weight is 1150 g/mol. The number of allylic oxidation sites excluding steroid dienone is 4. The molecule has 13 rings (SSSR count). The van der Waals surface area contributed by atoms with Crippen LogP contribution in [-0.2, 0) is 42.1 Å². The fourth-order valence-electron chi connectivity index (χ4n) is 8.64. The molecule has 6 nitrogen and oxygen atoms in total. The monoisotopic (exact) mass is 1150 g/mol. The molecule has 0 radical (unpaired) electrons.